The summed E-state index contributed by atoms with van der Waals surface area (Å²) in [5.41, 5.74) is 1.96. The summed E-state index contributed by atoms with van der Waals surface area (Å²) in [6.07, 6.45) is 2.87. The van der Waals surface area contributed by atoms with E-state index < -0.39 is 0 Å². The summed E-state index contributed by atoms with van der Waals surface area (Å²) in [6, 6.07) is 7.98. The molecule has 0 bridgehead atoms. The summed E-state index contributed by atoms with van der Waals surface area (Å²) in [5, 5.41) is 12.0. The molecular weight excluding hydrogens is 328 g/mol. The van der Waals surface area contributed by atoms with Crippen molar-refractivity contribution in [2.75, 3.05) is 24.3 Å². The minimum atomic E-state index is 0.624. The lowest BCUT2D eigenvalue weighted by Gasteiger charge is -2.11. The average molecular weight is 354 g/mol. The Morgan fingerprint density at radius 1 is 1.12 bits per heavy atom. The molecule has 0 unspecified atom stereocenters. The van der Waals surface area contributed by atoms with Crippen molar-refractivity contribution in [3.05, 3.63) is 36.0 Å². The monoisotopic (exact) mass is 354 g/mol. The summed E-state index contributed by atoms with van der Waals surface area (Å²) < 4.78 is 6.97. The molecule has 7 nitrogen and oxygen atoms in total. The van der Waals surface area contributed by atoms with Gasteiger partial charge < -0.3 is 15.4 Å². The standard InChI is InChI=1S/C19H26N6O/c1-13(2)9-10-20-19-23-17(16-12-22-25(3)18(16)24-19)21-11-14-5-7-15(26-4)8-6-14/h5-8,12-13H,9-11H2,1-4H3,(H2,20,21,23,24). The molecule has 0 aliphatic rings. The van der Waals surface area contributed by atoms with E-state index in [1.165, 1.54) is 0 Å². The van der Waals surface area contributed by atoms with Crippen LogP contribution in [0.5, 0.6) is 5.75 Å². The fourth-order valence-electron chi connectivity index (χ4n) is 2.64. The zero-order valence-corrected chi connectivity index (χ0v) is 15.8. The number of aryl methyl sites for hydroxylation is 1. The number of nitrogens with one attached hydrogen (secondary N) is 2. The first-order valence-corrected chi connectivity index (χ1v) is 8.87. The van der Waals surface area contributed by atoms with Gasteiger partial charge in [0, 0.05) is 20.1 Å². The lowest BCUT2D eigenvalue weighted by Crippen LogP contribution is -2.10. The molecule has 2 aromatic heterocycles. The first-order chi connectivity index (χ1) is 12.6. The molecule has 3 aromatic rings. The minimum absolute atomic E-state index is 0.624. The van der Waals surface area contributed by atoms with E-state index >= 15 is 0 Å². The van der Waals surface area contributed by atoms with E-state index in [-0.39, 0.29) is 0 Å². The second kappa shape index (κ2) is 8.03. The molecule has 0 fully saturated rings. The fraction of sp³-hybridized carbons (Fsp3) is 0.421. The van der Waals surface area contributed by atoms with Crippen LogP contribution in [0.1, 0.15) is 25.8 Å². The number of methoxy groups -OCH3 is 1. The molecule has 2 heterocycles. The first-order valence-electron chi connectivity index (χ1n) is 8.87. The molecule has 7 heteroatoms. The Morgan fingerprint density at radius 3 is 2.58 bits per heavy atom. The normalized spacial score (nSPS) is 11.1. The number of rotatable bonds is 8. The summed E-state index contributed by atoms with van der Waals surface area (Å²) in [6.45, 7) is 5.92. The summed E-state index contributed by atoms with van der Waals surface area (Å²) >= 11 is 0. The van der Waals surface area contributed by atoms with Gasteiger partial charge in [-0.3, -0.25) is 4.68 Å². The smallest absolute Gasteiger partial charge is 0.226 e. The van der Waals surface area contributed by atoms with E-state index in [0.717, 1.165) is 41.1 Å². The van der Waals surface area contributed by atoms with Crippen molar-refractivity contribution in [3.63, 3.8) is 0 Å². The van der Waals surface area contributed by atoms with Gasteiger partial charge in [0.15, 0.2) is 5.65 Å². The third kappa shape index (κ3) is 4.22. The van der Waals surface area contributed by atoms with E-state index in [1.54, 1.807) is 18.0 Å². The van der Waals surface area contributed by atoms with Gasteiger partial charge in [0.2, 0.25) is 5.95 Å². The maximum atomic E-state index is 5.20. The van der Waals surface area contributed by atoms with Crippen LogP contribution in [0.25, 0.3) is 11.0 Å². The van der Waals surface area contributed by atoms with Crippen molar-refractivity contribution in [1.82, 2.24) is 19.7 Å². The number of ether oxygens (including phenoxy) is 1. The van der Waals surface area contributed by atoms with Gasteiger partial charge in [-0.1, -0.05) is 26.0 Å². The Labute approximate surface area is 153 Å². The summed E-state index contributed by atoms with van der Waals surface area (Å²) in [5.74, 6) is 2.89. The van der Waals surface area contributed by atoms with Crippen LogP contribution in [0, 0.1) is 5.92 Å². The Bertz CT molecular complexity index is 856. The highest BCUT2D eigenvalue weighted by Crippen LogP contribution is 2.22. The second-order valence-electron chi connectivity index (χ2n) is 6.71. The number of anilines is 2. The van der Waals surface area contributed by atoms with Crippen molar-refractivity contribution in [2.45, 2.75) is 26.8 Å². The maximum absolute atomic E-state index is 5.20. The van der Waals surface area contributed by atoms with Crippen LogP contribution in [0.3, 0.4) is 0 Å². The highest BCUT2D eigenvalue weighted by atomic mass is 16.5. The van der Waals surface area contributed by atoms with Crippen molar-refractivity contribution in [1.29, 1.82) is 0 Å². The highest BCUT2D eigenvalue weighted by molar-refractivity contribution is 5.87. The van der Waals surface area contributed by atoms with Gasteiger partial charge >= 0.3 is 0 Å². The zero-order valence-electron chi connectivity index (χ0n) is 15.8. The Kier molecular flexibility index (Phi) is 5.55. The highest BCUT2D eigenvalue weighted by Gasteiger charge is 2.11. The van der Waals surface area contributed by atoms with E-state index in [9.17, 15) is 0 Å². The van der Waals surface area contributed by atoms with E-state index in [2.05, 4.69) is 39.5 Å². The zero-order chi connectivity index (χ0) is 18.5. The molecule has 2 N–H and O–H groups in total. The van der Waals surface area contributed by atoms with Crippen molar-refractivity contribution in [3.8, 4) is 5.75 Å². The molecular formula is C19H26N6O. The van der Waals surface area contributed by atoms with Crippen molar-refractivity contribution in [2.24, 2.45) is 13.0 Å². The van der Waals surface area contributed by atoms with Crippen molar-refractivity contribution < 1.29 is 4.74 Å². The third-order valence-corrected chi connectivity index (χ3v) is 4.22. The second-order valence-corrected chi connectivity index (χ2v) is 6.71. The van der Waals surface area contributed by atoms with Crippen LogP contribution < -0.4 is 15.4 Å². The average Bonchev–Trinajstić information content (AvgIpc) is 3.01. The third-order valence-electron chi connectivity index (χ3n) is 4.22. The Morgan fingerprint density at radius 2 is 1.88 bits per heavy atom. The summed E-state index contributed by atoms with van der Waals surface area (Å²) in [7, 11) is 3.56. The molecule has 3 rings (SSSR count). The van der Waals surface area contributed by atoms with Gasteiger partial charge in [0.1, 0.15) is 11.6 Å². The van der Waals surface area contributed by atoms with E-state index in [1.807, 2.05) is 31.3 Å². The topological polar surface area (TPSA) is 76.9 Å². The molecule has 0 radical (unpaired) electrons. The number of aromatic nitrogens is 4. The molecule has 0 aliphatic heterocycles. The largest absolute Gasteiger partial charge is 0.497 e. The van der Waals surface area contributed by atoms with Crippen LogP contribution >= 0.6 is 0 Å². The van der Waals surface area contributed by atoms with E-state index in [4.69, 9.17) is 4.74 Å². The van der Waals surface area contributed by atoms with Crippen molar-refractivity contribution >= 4 is 22.8 Å². The first kappa shape index (κ1) is 18.0. The predicted octanol–water partition coefficient (Wildman–Crippen LogP) is 3.44. The molecule has 0 saturated carbocycles. The van der Waals surface area contributed by atoms with Gasteiger partial charge in [-0.15, -0.1) is 0 Å². The summed E-state index contributed by atoms with van der Waals surface area (Å²) in [4.78, 5) is 9.24. The van der Waals surface area contributed by atoms with Gasteiger partial charge in [-0.2, -0.15) is 15.1 Å². The van der Waals surface area contributed by atoms with Crippen LogP contribution in [0.15, 0.2) is 30.5 Å². The van der Waals surface area contributed by atoms with Crippen LogP contribution in [0.2, 0.25) is 0 Å². The lowest BCUT2D eigenvalue weighted by molar-refractivity contribution is 0.414. The number of hydrogen-bond acceptors (Lipinski definition) is 6. The van der Waals surface area contributed by atoms with Gasteiger partial charge in [-0.05, 0) is 30.0 Å². The van der Waals surface area contributed by atoms with Crippen LogP contribution in [-0.4, -0.2) is 33.4 Å². The molecule has 1 aromatic carbocycles. The molecule has 0 spiro atoms. The van der Waals surface area contributed by atoms with E-state index in [0.29, 0.717) is 18.4 Å². The maximum Gasteiger partial charge on any atom is 0.226 e. The van der Waals surface area contributed by atoms with Gasteiger partial charge in [-0.25, -0.2) is 0 Å². The number of fused-ring (bicyclic) bond motifs is 1. The SMILES string of the molecule is COc1ccc(CNc2nc(NCCC(C)C)nc3c2cnn3C)cc1. The molecule has 138 valence electrons. The molecule has 0 amide bonds. The minimum Gasteiger partial charge on any atom is -0.497 e. The van der Waals surface area contributed by atoms with Gasteiger partial charge in [0.05, 0.1) is 18.7 Å². The number of nitrogens with zero attached hydrogens (tertiary/aromatic N) is 4. The lowest BCUT2D eigenvalue weighted by atomic mass is 10.1. The molecule has 0 saturated heterocycles. The predicted molar refractivity (Wildman–Crippen MR) is 105 cm³/mol. The quantitative estimate of drug-likeness (QED) is 0.645. The number of hydrogen-bond donors (Lipinski definition) is 2. The molecule has 26 heavy (non-hydrogen) atoms. The van der Waals surface area contributed by atoms with Gasteiger partial charge in [0.25, 0.3) is 0 Å². The van der Waals surface area contributed by atoms with Crippen LogP contribution in [0.4, 0.5) is 11.8 Å². The fourth-order valence-corrected chi connectivity index (χ4v) is 2.64. The molecule has 0 aliphatic carbocycles. The Hall–Kier alpha value is -2.83. The van der Waals surface area contributed by atoms with Crippen LogP contribution in [-0.2, 0) is 13.6 Å². The Balaban J connectivity index is 1.78. The molecule has 0 atom stereocenters. The number of benzene rings is 1.